The molecule has 204 valence electrons. The Bertz CT molecular complexity index is 761. The van der Waals surface area contributed by atoms with Gasteiger partial charge in [-0.05, 0) is 24.1 Å². The number of carbonyl (C=O) groups excluding carboxylic acids is 3. The van der Waals surface area contributed by atoms with E-state index in [0.717, 1.165) is 6.92 Å². The van der Waals surface area contributed by atoms with Crippen molar-refractivity contribution in [2.24, 2.45) is 5.92 Å². The van der Waals surface area contributed by atoms with Gasteiger partial charge in [0.2, 0.25) is 3.79 Å². The van der Waals surface area contributed by atoms with Crippen LogP contribution >= 0.6 is 34.8 Å². The van der Waals surface area contributed by atoms with Gasteiger partial charge >= 0.3 is 18.0 Å². The number of nitrogens with one attached hydrogen (secondary N) is 1. The maximum atomic E-state index is 12.4. The predicted molar refractivity (Wildman–Crippen MR) is 133 cm³/mol. The molecule has 14 heteroatoms. The van der Waals surface area contributed by atoms with Crippen molar-refractivity contribution in [2.45, 2.75) is 94.1 Å². The first-order valence-electron chi connectivity index (χ1n) is 11.1. The van der Waals surface area contributed by atoms with Crippen LogP contribution in [0.5, 0.6) is 0 Å². The summed E-state index contributed by atoms with van der Waals surface area (Å²) in [6.45, 7) is 13.7. The first kappa shape index (κ1) is 32.2. The monoisotopic (exact) mass is 579 g/mol. The van der Waals surface area contributed by atoms with Crippen LogP contribution in [0.15, 0.2) is 0 Å². The molecule has 0 unspecified atom stereocenters. The first-order valence-corrected chi connectivity index (χ1v) is 15.1. The molecule has 0 aromatic rings. The van der Waals surface area contributed by atoms with Crippen molar-refractivity contribution < 1.29 is 42.9 Å². The number of amides is 1. The van der Waals surface area contributed by atoms with Gasteiger partial charge in [0.05, 0.1) is 0 Å². The van der Waals surface area contributed by atoms with Gasteiger partial charge in [0.15, 0.2) is 20.7 Å². The fourth-order valence-corrected chi connectivity index (χ4v) is 5.95. The van der Waals surface area contributed by atoms with Crippen LogP contribution in [-0.4, -0.2) is 79.1 Å². The van der Waals surface area contributed by atoms with Crippen LogP contribution in [0.3, 0.4) is 0 Å². The average Bonchev–Trinajstić information content (AvgIpc) is 2.68. The molecule has 0 aliphatic carbocycles. The Morgan fingerprint density at radius 2 is 1.66 bits per heavy atom. The van der Waals surface area contributed by atoms with E-state index in [9.17, 15) is 19.5 Å². The van der Waals surface area contributed by atoms with Gasteiger partial charge in [-0.3, -0.25) is 9.59 Å². The lowest BCUT2D eigenvalue weighted by Gasteiger charge is -2.49. The van der Waals surface area contributed by atoms with E-state index in [2.05, 4.69) is 33.0 Å². The van der Waals surface area contributed by atoms with E-state index in [1.54, 1.807) is 0 Å². The van der Waals surface area contributed by atoms with Crippen molar-refractivity contribution in [1.82, 2.24) is 5.32 Å². The Balaban J connectivity index is 3.32. The molecule has 5 atom stereocenters. The normalized spacial score (nSPS) is 25.7. The van der Waals surface area contributed by atoms with E-state index in [4.69, 9.17) is 58.2 Å². The highest BCUT2D eigenvalue weighted by Gasteiger charge is 2.53. The minimum atomic E-state index is -2.59. The van der Waals surface area contributed by atoms with Gasteiger partial charge < -0.3 is 33.8 Å². The number of rotatable bonds is 9. The van der Waals surface area contributed by atoms with E-state index in [1.165, 1.54) is 6.92 Å². The molecule has 1 fully saturated rings. The van der Waals surface area contributed by atoms with E-state index in [0.29, 0.717) is 0 Å². The van der Waals surface area contributed by atoms with Crippen LogP contribution in [0, 0.1) is 5.92 Å². The lowest BCUT2D eigenvalue weighted by molar-refractivity contribution is -0.255. The first-order chi connectivity index (χ1) is 15.8. The predicted octanol–water partition coefficient (Wildman–Crippen LogP) is 3.69. The van der Waals surface area contributed by atoms with Gasteiger partial charge in [-0.2, -0.15) is 0 Å². The molecule has 2 N–H and O–H groups in total. The summed E-state index contributed by atoms with van der Waals surface area (Å²) in [5.41, 5.74) is 0. The molecule has 0 spiro atoms. The number of ether oxygens (including phenoxy) is 4. The van der Waals surface area contributed by atoms with Gasteiger partial charge in [-0.1, -0.05) is 62.5 Å². The number of hydrogen-bond donors (Lipinski definition) is 2. The maximum Gasteiger partial charge on any atom is 0.407 e. The van der Waals surface area contributed by atoms with E-state index in [-0.39, 0.29) is 17.6 Å². The van der Waals surface area contributed by atoms with E-state index >= 15 is 0 Å². The molecule has 0 aromatic heterocycles. The summed E-state index contributed by atoms with van der Waals surface area (Å²) in [6.07, 6.45) is -6.07. The number of aliphatic hydroxyl groups excluding tert-OH is 1. The topological polar surface area (TPSA) is 130 Å². The Labute approximate surface area is 222 Å². The molecule has 35 heavy (non-hydrogen) atoms. The van der Waals surface area contributed by atoms with Crippen molar-refractivity contribution in [3.63, 3.8) is 0 Å². The van der Waals surface area contributed by atoms with Crippen LogP contribution < -0.4 is 5.32 Å². The van der Waals surface area contributed by atoms with Crippen molar-refractivity contribution >= 4 is 61.2 Å². The smallest absolute Gasteiger partial charge is 0.407 e. The molecule has 1 saturated heterocycles. The Hall–Kier alpha value is -0.823. The number of hydrogen-bond acceptors (Lipinski definition) is 9. The SMILES string of the molecule is CC(=O)OC[C@H]1O[C@@H](O[Si](C)(C)C(C)(C)C(C)C)[C@H](NC(=O)OCC(Cl)(Cl)Cl)[C@@H](O)[C@@H]1OC(C)=O. The van der Waals surface area contributed by atoms with E-state index in [1.807, 2.05) is 13.1 Å². The molecule has 1 aliphatic heterocycles. The quantitative estimate of drug-likeness (QED) is 0.181. The van der Waals surface area contributed by atoms with Crippen molar-refractivity contribution in [2.75, 3.05) is 13.2 Å². The zero-order valence-electron chi connectivity index (χ0n) is 21.2. The van der Waals surface area contributed by atoms with Crippen LogP contribution in [0.1, 0.15) is 41.5 Å². The Morgan fingerprint density at radius 3 is 2.11 bits per heavy atom. The van der Waals surface area contributed by atoms with Gasteiger partial charge in [-0.15, -0.1) is 0 Å². The summed E-state index contributed by atoms with van der Waals surface area (Å²) in [6, 6.07) is -1.23. The fraction of sp³-hybridized carbons (Fsp3) is 0.857. The molecular formula is C21H36Cl3NO9Si. The minimum Gasteiger partial charge on any atom is -0.463 e. The summed E-state index contributed by atoms with van der Waals surface area (Å²) in [7, 11) is -2.59. The molecular weight excluding hydrogens is 545 g/mol. The summed E-state index contributed by atoms with van der Waals surface area (Å²) >= 11 is 16.9. The summed E-state index contributed by atoms with van der Waals surface area (Å²) < 4.78 is 25.9. The number of carbonyl (C=O) groups is 3. The lowest BCUT2D eigenvalue weighted by atomic mass is 9.97. The molecule has 0 radical (unpaired) electrons. The van der Waals surface area contributed by atoms with Crippen molar-refractivity contribution in [3.05, 3.63) is 0 Å². The van der Waals surface area contributed by atoms with Crippen LogP contribution in [0.4, 0.5) is 4.79 Å². The Kier molecular flexibility index (Phi) is 11.6. The number of alkyl carbamates (subject to hydrolysis) is 1. The van der Waals surface area contributed by atoms with Gasteiger partial charge in [0.25, 0.3) is 0 Å². The van der Waals surface area contributed by atoms with Gasteiger partial charge in [0.1, 0.15) is 31.5 Å². The van der Waals surface area contributed by atoms with Crippen molar-refractivity contribution in [3.8, 4) is 0 Å². The fourth-order valence-electron chi connectivity index (χ4n) is 3.31. The van der Waals surface area contributed by atoms with Crippen LogP contribution in [-0.2, 0) is 33.0 Å². The molecule has 1 heterocycles. The zero-order valence-corrected chi connectivity index (χ0v) is 24.5. The second-order valence-corrected chi connectivity index (χ2v) is 16.8. The molecule has 1 rings (SSSR count). The number of esters is 2. The highest BCUT2D eigenvalue weighted by molar-refractivity contribution is 6.74. The molecule has 10 nitrogen and oxygen atoms in total. The zero-order chi connectivity index (χ0) is 27.4. The largest absolute Gasteiger partial charge is 0.463 e. The number of alkyl halides is 3. The van der Waals surface area contributed by atoms with Crippen LogP contribution in [0.2, 0.25) is 18.1 Å². The molecule has 0 bridgehead atoms. The average molecular weight is 581 g/mol. The molecule has 0 aromatic carbocycles. The number of aliphatic hydroxyl groups is 1. The summed E-state index contributed by atoms with van der Waals surface area (Å²) in [4.78, 5) is 35.6. The Morgan fingerprint density at radius 1 is 1.09 bits per heavy atom. The van der Waals surface area contributed by atoms with Gasteiger partial charge in [0, 0.05) is 13.8 Å². The molecule has 0 saturated carbocycles. The summed E-state index contributed by atoms with van der Waals surface area (Å²) in [5, 5.41) is 13.4. The second kappa shape index (κ2) is 12.6. The number of halogens is 3. The minimum absolute atomic E-state index is 0.240. The lowest BCUT2D eigenvalue weighted by Crippen LogP contribution is -2.67. The molecule has 1 amide bonds. The molecule has 1 aliphatic rings. The standard InChI is InChI=1S/C21H36Cl3NO9Si/c1-11(2)20(5,6)35(7,8)34-18-15(25-19(29)31-10-21(22,23)24)16(28)17(32-13(4)27)14(33-18)9-30-12(3)26/h11,14-18,28H,9-10H2,1-8H3,(H,25,29)/t14-,15-,16-,17-,18+/m1/s1. The van der Waals surface area contributed by atoms with Gasteiger partial charge in [-0.25, -0.2) is 4.79 Å². The highest BCUT2D eigenvalue weighted by atomic mass is 35.6. The summed E-state index contributed by atoms with van der Waals surface area (Å²) in [5.74, 6) is -1.06. The highest BCUT2D eigenvalue weighted by Crippen LogP contribution is 2.46. The third-order valence-corrected chi connectivity index (χ3v) is 11.3. The third-order valence-electron chi connectivity index (χ3n) is 6.48. The van der Waals surface area contributed by atoms with E-state index < -0.39 is 67.4 Å². The third kappa shape index (κ3) is 9.53. The van der Waals surface area contributed by atoms with Crippen LogP contribution in [0.25, 0.3) is 0 Å². The maximum absolute atomic E-state index is 12.4. The second-order valence-electron chi connectivity index (χ2n) is 9.78. The van der Waals surface area contributed by atoms with Crippen molar-refractivity contribution in [1.29, 1.82) is 0 Å².